The number of benzene rings is 1. The third-order valence-corrected chi connectivity index (χ3v) is 4.11. The fourth-order valence-electron chi connectivity index (χ4n) is 1.35. The summed E-state index contributed by atoms with van der Waals surface area (Å²) in [6.45, 7) is 6.19. The number of carboxylic acid groups (broad SMARTS) is 1. The fourth-order valence-corrected chi connectivity index (χ4v) is 3.17. The lowest BCUT2D eigenvalue weighted by atomic mass is 9.96. The van der Waals surface area contributed by atoms with Crippen LogP contribution in [0, 0.1) is 0 Å². The summed E-state index contributed by atoms with van der Waals surface area (Å²) in [7, 11) is 0. The molecule has 0 radical (unpaired) electrons. The van der Waals surface area contributed by atoms with Crippen LogP contribution < -0.4 is 0 Å². The van der Waals surface area contributed by atoms with Crippen molar-refractivity contribution in [3.63, 3.8) is 0 Å². The summed E-state index contributed by atoms with van der Waals surface area (Å²) >= 11 is 2.78. The Morgan fingerprint density at radius 1 is 1.37 bits per heavy atom. The van der Waals surface area contributed by atoms with Crippen molar-refractivity contribution >= 4 is 29.3 Å². The first-order valence-corrected chi connectivity index (χ1v) is 7.30. The molecule has 6 heteroatoms. The lowest BCUT2D eigenvalue weighted by molar-refractivity contribution is 0.0696. The highest BCUT2D eigenvalue weighted by molar-refractivity contribution is 8.01. The third-order valence-electron chi connectivity index (χ3n) is 2.36. The molecule has 1 aromatic heterocycles. The second kappa shape index (κ2) is 5.30. The standard InChI is InChI=1S/C13H14N2O2S2/c1-13(2,3)11-14-12(19-15-11)18-9-6-4-5-8(7-9)10(16)17/h4-7H,1-3H3,(H,16,17). The van der Waals surface area contributed by atoms with Crippen LogP contribution in [-0.2, 0) is 5.41 Å². The van der Waals surface area contributed by atoms with Gasteiger partial charge in [-0.3, -0.25) is 0 Å². The van der Waals surface area contributed by atoms with Crippen LogP contribution in [0.1, 0.15) is 37.0 Å². The highest BCUT2D eigenvalue weighted by Crippen LogP contribution is 2.31. The van der Waals surface area contributed by atoms with Crippen molar-refractivity contribution in [1.82, 2.24) is 9.36 Å². The predicted octanol–water partition coefficient (Wildman–Crippen LogP) is 3.69. The van der Waals surface area contributed by atoms with Crippen LogP contribution >= 0.6 is 23.3 Å². The largest absolute Gasteiger partial charge is 0.478 e. The molecule has 19 heavy (non-hydrogen) atoms. The molecule has 0 aliphatic rings. The summed E-state index contributed by atoms with van der Waals surface area (Å²) in [6, 6.07) is 6.82. The normalized spacial score (nSPS) is 11.5. The van der Waals surface area contributed by atoms with E-state index in [0.29, 0.717) is 0 Å². The Morgan fingerprint density at radius 3 is 2.68 bits per heavy atom. The summed E-state index contributed by atoms with van der Waals surface area (Å²) < 4.78 is 5.16. The van der Waals surface area contributed by atoms with Crippen molar-refractivity contribution in [2.45, 2.75) is 35.4 Å². The van der Waals surface area contributed by atoms with Gasteiger partial charge >= 0.3 is 5.97 Å². The number of carbonyl (C=O) groups is 1. The number of hydrogen-bond acceptors (Lipinski definition) is 5. The molecule has 100 valence electrons. The highest BCUT2D eigenvalue weighted by Gasteiger charge is 2.19. The monoisotopic (exact) mass is 294 g/mol. The molecule has 1 heterocycles. The molecular weight excluding hydrogens is 280 g/mol. The Hall–Kier alpha value is -1.40. The van der Waals surface area contributed by atoms with Gasteiger partial charge in [-0.1, -0.05) is 38.6 Å². The fraction of sp³-hybridized carbons (Fsp3) is 0.308. The molecule has 0 spiro atoms. The van der Waals surface area contributed by atoms with Crippen LogP contribution in [-0.4, -0.2) is 20.4 Å². The molecule has 0 atom stereocenters. The average Bonchev–Trinajstić information content (AvgIpc) is 2.77. The third kappa shape index (κ3) is 3.54. The van der Waals surface area contributed by atoms with Crippen LogP contribution in [0.4, 0.5) is 0 Å². The molecule has 1 N–H and O–H groups in total. The molecule has 0 aliphatic carbocycles. The predicted molar refractivity (Wildman–Crippen MR) is 76.1 cm³/mol. The van der Waals surface area contributed by atoms with Gasteiger partial charge in [-0.2, -0.15) is 4.37 Å². The molecule has 0 fully saturated rings. The number of aromatic carboxylic acids is 1. The molecule has 0 aliphatic heterocycles. The van der Waals surface area contributed by atoms with Crippen molar-refractivity contribution in [1.29, 1.82) is 0 Å². The van der Waals surface area contributed by atoms with E-state index in [-0.39, 0.29) is 11.0 Å². The summed E-state index contributed by atoms with van der Waals surface area (Å²) in [5, 5.41) is 8.95. The number of hydrogen-bond donors (Lipinski definition) is 1. The lowest BCUT2D eigenvalue weighted by Gasteiger charge is -2.12. The molecule has 0 amide bonds. The minimum atomic E-state index is -0.921. The Labute approximate surface area is 120 Å². The van der Waals surface area contributed by atoms with E-state index in [2.05, 4.69) is 30.1 Å². The summed E-state index contributed by atoms with van der Waals surface area (Å²) in [6.07, 6.45) is 0. The molecular formula is C13H14N2O2S2. The van der Waals surface area contributed by atoms with E-state index in [9.17, 15) is 4.79 Å². The van der Waals surface area contributed by atoms with Gasteiger partial charge < -0.3 is 5.11 Å². The first-order valence-electron chi connectivity index (χ1n) is 5.71. The number of rotatable bonds is 3. The maximum Gasteiger partial charge on any atom is 0.335 e. The lowest BCUT2D eigenvalue weighted by Crippen LogP contribution is -2.12. The van der Waals surface area contributed by atoms with E-state index in [1.54, 1.807) is 18.2 Å². The average molecular weight is 294 g/mol. The van der Waals surface area contributed by atoms with Crippen molar-refractivity contribution in [3.8, 4) is 0 Å². The number of carboxylic acids is 1. The van der Waals surface area contributed by atoms with E-state index in [1.165, 1.54) is 23.3 Å². The molecule has 2 aromatic rings. The number of nitrogens with zero attached hydrogens (tertiary/aromatic N) is 2. The Balaban J connectivity index is 2.19. The van der Waals surface area contributed by atoms with Crippen molar-refractivity contribution in [2.24, 2.45) is 0 Å². The van der Waals surface area contributed by atoms with E-state index in [4.69, 9.17) is 5.11 Å². The minimum Gasteiger partial charge on any atom is -0.478 e. The Morgan fingerprint density at radius 2 is 2.11 bits per heavy atom. The summed E-state index contributed by atoms with van der Waals surface area (Å²) in [4.78, 5) is 16.2. The van der Waals surface area contributed by atoms with Gasteiger partial charge in [0.05, 0.1) is 5.56 Å². The minimum absolute atomic E-state index is 0.0712. The smallest absolute Gasteiger partial charge is 0.335 e. The zero-order chi connectivity index (χ0) is 14.0. The van der Waals surface area contributed by atoms with Crippen LogP contribution in [0.25, 0.3) is 0 Å². The molecule has 4 nitrogen and oxygen atoms in total. The molecule has 0 saturated carbocycles. The van der Waals surface area contributed by atoms with Gasteiger partial charge in [0.2, 0.25) is 0 Å². The van der Waals surface area contributed by atoms with Gasteiger partial charge in [0, 0.05) is 10.3 Å². The van der Waals surface area contributed by atoms with E-state index in [1.807, 2.05) is 6.07 Å². The topological polar surface area (TPSA) is 63.1 Å². The molecule has 2 rings (SSSR count). The van der Waals surface area contributed by atoms with Crippen LogP contribution in [0.3, 0.4) is 0 Å². The summed E-state index contributed by atoms with van der Waals surface area (Å²) in [5.41, 5.74) is 0.212. The van der Waals surface area contributed by atoms with Gasteiger partial charge in [-0.15, -0.1) is 0 Å². The first kappa shape index (κ1) is 14.0. The highest BCUT2D eigenvalue weighted by atomic mass is 32.2. The molecule has 0 bridgehead atoms. The van der Waals surface area contributed by atoms with Gasteiger partial charge in [0.15, 0.2) is 4.34 Å². The van der Waals surface area contributed by atoms with Crippen LogP contribution in [0.2, 0.25) is 0 Å². The SMILES string of the molecule is CC(C)(C)c1nsc(Sc2cccc(C(=O)O)c2)n1. The maximum atomic E-state index is 10.9. The van der Waals surface area contributed by atoms with Crippen molar-refractivity contribution < 1.29 is 9.90 Å². The quantitative estimate of drug-likeness (QED) is 0.935. The van der Waals surface area contributed by atoms with E-state index >= 15 is 0 Å². The van der Waals surface area contributed by atoms with E-state index in [0.717, 1.165) is 15.1 Å². The Bertz CT molecular complexity index is 603. The maximum absolute atomic E-state index is 10.9. The van der Waals surface area contributed by atoms with E-state index < -0.39 is 5.97 Å². The van der Waals surface area contributed by atoms with Gasteiger partial charge in [0.25, 0.3) is 0 Å². The molecule has 0 unspecified atom stereocenters. The van der Waals surface area contributed by atoms with Crippen LogP contribution in [0.15, 0.2) is 33.5 Å². The van der Waals surface area contributed by atoms with Gasteiger partial charge in [0.1, 0.15) is 5.82 Å². The first-order chi connectivity index (χ1) is 8.86. The van der Waals surface area contributed by atoms with Crippen molar-refractivity contribution in [3.05, 3.63) is 35.7 Å². The summed E-state index contributed by atoms with van der Waals surface area (Å²) in [5.74, 6) is -0.107. The second-order valence-electron chi connectivity index (χ2n) is 5.07. The van der Waals surface area contributed by atoms with Gasteiger partial charge in [-0.05, 0) is 29.7 Å². The van der Waals surface area contributed by atoms with Crippen LogP contribution in [0.5, 0.6) is 0 Å². The van der Waals surface area contributed by atoms with Crippen molar-refractivity contribution in [2.75, 3.05) is 0 Å². The molecule has 1 aromatic carbocycles. The number of aromatic nitrogens is 2. The van der Waals surface area contributed by atoms with Gasteiger partial charge in [-0.25, -0.2) is 9.78 Å². The molecule has 0 saturated heterocycles. The Kier molecular flexibility index (Phi) is 3.91. The zero-order valence-corrected chi connectivity index (χ0v) is 12.5. The second-order valence-corrected chi connectivity index (χ2v) is 7.14. The zero-order valence-electron chi connectivity index (χ0n) is 10.9.